The molecule has 1 aromatic heterocycles. The molecule has 0 spiro atoms. The van der Waals surface area contributed by atoms with Crippen LogP contribution in [0, 0.1) is 0 Å². The van der Waals surface area contributed by atoms with Crippen LogP contribution in [-0.4, -0.2) is 15.3 Å². The first-order valence-electron chi connectivity index (χ1n) is 3.76. The van der Waals surface area contributed by atoms with Gasteiger partial charge in [0.25, 0.3) is 0 Å². The van der Waals surface area contributed by atoms with Crippen LogP contribution in [0.25, 0.3) is 11.3 Å². The van der Waals surface area contributed by atoms with Gasteiger partial charge in [-0.05, 0) is 40.2 Å². The Balaban J connectivity index is 2.49. The summed E-state index contributed by atoms with van der Waals surface area (Å²) in [6.07, 6.45) is 1.76. The van der Waals surface area contributed by atoms with Crippen molar-refractivity contribution in [3.63, 3.8) is 0 Å². The van der Waals surface area contributed by atoms with E-state index in [1.54, 1.807) is 12.3 Å². The number of aromatic hydroxyl groups is 1. The molecule has 0 aliphatic carbocycles. The van der Waals surface area contributed by atoms with Gasteiger partial charge in [-0.1, -0.05) is 0 Å². The van der Waals surface area contributed by atoms with Gasteiger partial charge in [0.15, 0.2) is 0 Å². The maximum atomic E-state index is 9.27. The van der Waals surface area contributed by atoms with Crippen LogP contribution in [0.1, 0.15) is 0 Å². The molecule has 0 amide bonds. The molecule has 1 aromatic carbocycles. The highest BCUT2D eigenvalue weighted by Crippen LogP contribution is 2.28. The zero-order chi connectivity index (χ0) is 9.26. The number of hydrogen-bond acceptors (Lipinski definition) is 2. The van der Waals surface area contributed by atoms with Crippen LogP contribution in [0.4, 0.5) is 0 Å². The van der Waals surface area contributed by atoms with E-state index >= 15 is 0 Å². The molecule has 0 bridgehead atoms. The SMILES string of the molecule is Oc1ccc(-c2cc[nH]n2)cc1Br. The lowest BCUT2D eigenvalue weighted by Crippen LogP contribution is -1.78. The number of H-pyrrole nitrogens is 1. The minimum absolute atomic E-state index is 0.235. The number of aromatic amines is 1. The van der Waals surface area contributed by atoms with Gasteiger partial charge in [0.2, 0.25) is 0 Å². The number of phenolic OH excluding ortho intramolecular Hbond substituents is 1. The molecule has 0 aliphatic heterocycles. The predicted octanol–water partition coefficient (Wildman–Crippen LogP) is 2.54. The Morgan fingerprint density at radius 1 is 1.31 bits per heavy atom. The van der Waals surface area contributed by atoms with E-state index in [-0.39, 0.29) is 5.75 Å². The average Bonchev–Trinajstić information content (AvgIpc) is 2.62. The molecular weight excluding hydrogens is 232 g/mol. The first-order chi connectivity index (χ1) is 6.27. The number of aromatic nitrogens is 2. The molecule has 66 valence electrons. The summed E-state index contributed by atoms with van der Waals surface area (Å²) < 4.78 is 0.674. The smallest absolute Gasteiger partial charge is 0.129 e. The topological polar surface area (TPSA) is 48.9 Å². The number of hydrogen-bond donors (Lipinski definition) is 2. The van der Waals surface area contributed by atoms with Gasteiger partial charge in [-0.2, -0.15) is 5.10 Å². The van der Waals surface area contributed by atoms with E-state index < -0.39 is 0 Å². The number of nitrogens with one attached hydrogen (secondary N) is 1. The molecule has 2 aromatic rings. The lowest BCUT2D eigenvalue weighted by atomic mass is 10.1. The van der Waals surface area contributed by atoms with E-state index in [0.29, 0.717) is 4.47 Å². The second-order valence-electron chi connectivity index (χ2n) is 2.63. The molecule has 1 heterocycles. The second-order valence-corrected chi connectivity index (χ2v) is 3.48. The van der Waals surface area contributed by atoms with Crippen LogP contribution in [0.15, 0.2) is 34.9 Å². The minimum Gasteiger partial charge on any atom is -0.507 e. The Morgan fingerprint density at radius 3 is 2.77 bits per heavy atom. The van der Waals surface area contributed by atoms with Crippen molar-refractivity contribution >= 4 is 15.9 Å². The van der Waals surface area contributed by atoms with Gasteiger partial charge >= 0.3 is 0 Å². The largest absolute Gasteiger partial charge is 0.507 e. The van der Waals surface area contributed by atoms with Crippen molar-refractivity contribution in [2.45, 2.75) is 0 Å². The summed E-state index contributed by atoms with van der Waals surface area (Å²) in [4.78, 5) is 0. The summed E-state index contributed by atoms with van der Waals surface area (Å²) >= 11 is 3.24. The number of phenols is 1. The molecule has 13 heavy (non-hydrogen) atoms. The Bertz CT molecular complexity index is 412. The first kappa shape index (κ1) is 8.31. The fourth-order valence-corrected chi connectivity index (χ4v) is 1.47. The normalized spacial score (nSPS) is 10.2. The molecular formula is C9H7BrN2O. The summed E-state index contributed by atoms with van der Waals surface area (Å²) in [6.45, 7) is 0. The van der Waals surface area contributed by atoms with Crippen LogP contribution in [0.5, 0.6) is 5.75 Å². The second kappa shape index (κ2) is 3.22. The molecule has 0 saturated carbocycles. The number of nitrogens with zero attached hydrogens (tertiary/aromatic N) is 1. The maximum Gasteiger partial charge on any atom is 0.129 e. The van der Waals surface area contributed by atoms with Gasteiger partial charge in [-0.3, -0.25) is 5.10 Å². The van der Waals surface area contributed by atoms with Crippen molar-refractivity contribution in [3.05, 3.63) is 34.9 Å². The molecule has 4 heteroatoms. The van der Waals surface area contributed by atoms with Crippen molar-refractivity contribution in [2.24, 2.45) is 0 Å². The van der Waals surface area contributed by atoms with Crippen LogP contribution in [-0.2, 0) is 0 Å². The summed E-state index contributed by atoms with van der Waals surface area (Å²) in [5.41, 5.74) is 1.83. The Kier molecular flexibility index (Phi) is 2.06. The fourth-order valence-electron chi connectivity index (χ4n) is 1.09. The van der Waals surface area contributed by atoms with Crippen molar-refractivity contribution in [2.75, 3.05) is 0 Å². The van der Waals surface area contributed by atoms with Crippen molar-refractivity contribution in [3.8, 4) is 17.0 Å². The van der Waals surface area contributed by atoms with Gasteiger partial charge in [0.05, 0.1) is 10.2 Å². The molecule has 0 atom stereocenters. The van der Waals surface area contributed by atoms with Crippen molar-refractivity contribution < 1.29 is 5.11 Å². The van der Waals surface area contributed by atoms with E-state index in [9.17, 15) is 5.11 Å². The summed E-state index contributed by atoms with van der Waals surface area (Å²) in [7, 11) is 0. The molecule has 3 nitrogen and oxygen atoms in total. The maximum absolute atomic E-state index is 9.27. The van der Waals surface area contributed by atoms with Gasteiger partial charge in [0, 0.05) is 11.8 Å². The molecule has 2 N–H and O–H groups in total. The number of rotatable bonds is 1. The summed E-state index contributed by atoms with van der Waals surface area (Å²) in [5.74, 6) is 0.235. The molecule has 0 saturated heterocycles. The minimum atomic E-state index is 0.235. The zero-order valence-electron chi connectivity index (χ0n) is 6.66. The molecule has 2 rings (SSSR count). The monoisotopic (exact) mass is 238 g/mol. The van der Waals surface area contributed by atoms with Gasteiger partial charge in [-0.25, -0.2) is 0 Å². The van der Waals surface area contributed by atoms with Crippen LogP contribution < -0.4 is 0 Å². The molecule has 0 radical (unpaired) electrons. The third-order valence-corrected chi connectivity index (χ3v) is 2.38. The van der Waals surface area contributed by atoms with E-state index in [1.807, 2.05) is 18.2 Å². The number of halogens is 1. The van der Waals surface area contributed by atoms with Gasteiger partial charge in [0.1, 0.15) is 5.75 Å². The van der Waals surface area contributed by atoms with Gasteiger partial charge in [-0.15, -0.1) is 0 Å². The first-order valence-corrected chi connectivity index (χ1v) is 4.55. The molecule has 0 unspecified atom stereocenters. The highest BCUT2D eigenvalue weighted by atomic mass is 79.9. The average molecular weight is 239 g/mol. The number of benzene rings is 1. The third-order valence-electron chi connectivity index (χ3n) is 1.74. The summed E-state index contributed by atoms with van der Waals surface area (Å²) in [6, 6.07) is 7.15. The van der Waals surface area contributed by atoms with Crippen molar-refractivity contribution in [1.29, 1.82) is 0 Å². The Morgan fingerprint density at radius 2 is 2.15 bits per heavy atom. The van der Waals surface area contributed by atoms with E-state index in [2.05, 4.69) is 26.1 Å². The van der Waals surface area contributed by atoms with Crippen molar-refractivity contribution in [1.82, 2.24) is 10.2 Å². The quantitative estimate of drug-likeness (QED) is 0.803. The summed E-state index contributed by atoms with van der Waals surface area (Å²) in [5, 5.41) is 16.0. The van der Waals surface area contributed by atoms with E-state index in [0.717, 1.165) is 11.3 Å². The van der Waals surface area contributed by atoms with E-state index in [1.165, 1.54) is 0 Å². The van der Waals surface area contributed by atoms with Crippen LogP contribution in [0.3, 0.4) is 0 Å². The van der Waals surface area contributed by atoms with E-state index in [4.69, 9.17) is 0 Å². The predicted molar refractivity (Wildman–Crippen MR) is 53.4 cm³/mol. The molecule has 0 aliphatic rings. The van der Waals surface area contributed by atoms with Gasteiger partial charge < -0.3 is 5.11 Å². The third kappa shape index (κ3) is 1.58. The fraction of sp³-hybridized carbons (Fsp3) is 0. The standard InChI is InChI=1S/C9H7BrN2O/c10-7-5-6(1-2-9(7)13)8-3-4-11-12-8/h1-5,13H,(H,11,12). The van der Waals surface area contributed by atoms with Crippen LogP contribution >= 0.6 is 15.9 Å². The molecule has 0 fully saturated rings. The zero-order valence-corrected chi connectivity index (χ0v) is 8.25. The highest BCUT2D eigenvalue weighted by Gasteiger charge is 2.02. The lowest BCUT2D eigenvalue weighted by molar-refractivity contribution is 0.472. The lowest BCUT2D eigenvalue weighted by Gasteiger charge is -1.99. The van der Waals surface area contributed by atoms with Crippen LogP contribution in [0.2, 0.25) is 0 Å². The highest BCUT2D eigenvalue weighted by molar-refractivity contribution is 9.10. The Labute approximate surface area is 83.5 Å². The Hall–Kier alpha value is -1.29.